The number of hydrogen-bond donors (Lipinski definition) is 2. The third kappa shape index (κ3) is 1.72. The lowest BCUT2D eigenvalue weighted by Gasteiger charge is -2.60. The third-order valence-electron chi connectivity index (χ3n) is 3.07. The lowest BCUT2D eigenvalue weighted by Crippen LogP contribution is -2.72. The van der Waals surface area contributed by atoms with Gasteiger partial charge < -0.3 is 10.2 Å². The molecule has 2 aliphatic heterocycles. The summed E-state index contributed by atoms with van der Waals surface area (Å²) in [5, 5.41) is 17.4. The van der Waals surface area contributed by atoms with Crippen molar-refractivity contribution in [3.8, 4) is 0 Å². The van der Waals surface area contributed by atoms with Crippen molar-refractivity contribution in [2.24, 2.45) is 5.41 Å². The van der Waals surface area contributed by atoms with Gasteiger partial charge in [-0.3, -0.25) is 9.80 Å². The molecule has 1 spiro atoms. The molecule has 0 aliphatic carbocycles. The summed E-state index contributed by atoms with van der Waals surface area (Å²) in [7, 11) is 0. The van der Waals surface area contributed by atoms with E-state index in [1.807, 2.05) is 0 Å². The first kappa shape index (κ1) is 9.40. The van der Waals surface area contributed by atoms with E-state index in [0.29, 0.717) is 5.41 Å². The van der Waals surface area contributed by atoms with E-state index < -0.39 is 0 Å². The Morgan fingerprint density at radius 1 is 0.846 bits per heavy atom. The van der Waals surface area contributed by atoms with Crippen molar-refractivity contribution in [3.05, 3.63) is 0 Å². The predicted molar refractivity (Wildman–Crippen MR) is 49.5 cm³/mol. The highest BCUT2D eigenvalue weighted by molar-refractivity contribution is 5.05. The van der Waals surface area contributed by atoms with E-state index in [2.05, 4.69) is 9.80 Å². The summed E-state index contributed by atoms with van der Waals surface area (Å²) in [6, 6.07) is 0. The quantitative estimate of drug-likeness (QED) is 0.566. The summed E-state index contributed by atoms with van der Waals surface area (Å²) in [6.45, 7) is 6.73. The van der Waals surface area contributed by atoms with E-state index in [-0.39, 0.29) is 13.2 Å². The highest BCUT2D eigenvalue weighted by atomic mass is 16.3. The van der Waals surface area contributed by atoms with Crippen LogP contribution in [0.1, 0.15) is 0 Å². The predicted octanol–water partition coefficient (Wildman–Crippen LogP) is -1.41. The summed E-state index contributed by atoms with van der Waals surface area (Å²) in [6.07, 6.45) is 0. The number of aliphatic hydroxyl groups is 2. The SMILES string of the molecule is OCCN1CC2(C1)CN(CCO)C2. The molecule has 4 nitrogen and oxygen atoms in total. The number of nitrogens with zero attached hydrogens (tertiary/aromatic N) is 2. The largest absolute Gasteiger partial charge is 0.395 e. The first-order valence-corrected chi connectivity index (χ1v) is 4.94. The van der Waals surface area contributed by atoms with E-state index in [1.165, 1.54) is 0 Å². The van der Waals surface area contributed by atoms with Gasteiger partial charge in [-0.25, -0.2) is 0 Å². The zero-order valence-corrected chi connectivity index (χ0v) is 7.95. The standard InChI is InChI=1S/C9H18N2O2/c12-3-1-10-5-9(6-10)7-11(8-9)2-4-13/h12-13H,1-8H2. The fourth-order valence-electron chi connectivity index (χ4n) is 2.60. The summed E-state index contributed by atoms with van der Waals surface area (Å²) in [4.78, 5) is 4.58. The molecule has 2 aliphatic rings. The van der Waals surface area contributed by atoms with Gasteiger partial charge in [-0.05, 0) is 0 Å². The molecule has 2 fully saturated rings. The van der Waals surface area contributed by atoms with Gasteiger partial charge in [-0.2, -0.15) is 0 Å². The fourth-order valence-corrected chi connectivity index (χ4v) is 2.60. The minimum Gasteiger partial charge on any atom is -0.395 e. The molecule has 0 saturated carbocycles. The summed E-state index contributed by atoms with van der Waals surface area (Å²) in [5.74, 6) is 0. The van der Waals surface area contributed by atoms with Crippen molar-refractivity contribution < 1.29 is 10.2 Å². The van der Waals surface area contributed by atoms with Gasteiger partial charge in [0.05, 0.1) is 13.2 Å². The highest BCUT2D eigenvalue weighted by Gasteiger charge is 2.50. The molecule has 0 radical (unpaired) electrons. The maximum Gasteiger partial charge on any atom is 0.0558 e. The normalized spacial score (nSPS) is 27.2. The molecule has 0 aromatic rings. The van der Waals surface area contributed by atoms with Crippen LogP contribution in [0.4, 0.5) is 0 Å². The van der Waals surface area contributed by atoms with Gasteiger partial charge in [0.15, 0.2) is 0 Å². The van der Waals surface area contributed by atoms with Crippen LogP contribution in [0.5, 0.6) is 0 Å². The number of hydrogen-bond acceptors (Lipinski definition) is 4. The van der Waals surface area contributed by atoms with Crippen LogP contribution in [-0.4, -0.2) is 72.5 Å². The molecule has 0 bridgehead atoms. The molecule has 2 heterocycles. The van der Waals surface area contributed by atoms with Crippen molar-refractivity contribution in [1.82, 2.24) is 9.80 Å². The molecule has 13 heavy (non-hydrogen) atoms. The van der Waals surface area contributed by atoms with Crippen LogP contribution in [-0.2, 0) is 0 Å². The second-order valence-corrected chi connectivity index (χ2v) is 4.37. The number of likely N-dealkylation sites (tertiary alicyclic amines) is 2. The smallest absolute Gasteiger partial charge is 0.0558 e. The van der Waals surface area contributed by atoms with Crippen LogP contribution < -0.4 is 0 Å². The number of β-amino-alcohol motifs (C(OH)–C–C–N with tert-alkyl or cyclic N) is 2. The Morgan fingerprint density at radius 2 is 1.23 bits per heavy atom. The highest BCUT2D eigenvalue weighted by Crippen LogP contribution is 2.38. The lowest BCUT2D eigenvalue weighted by molar-refractivity contribution is -0.119. The molecule has 0 amide bonds. The van der Waals surface area contributed by atoms with Crippen LogP contribution >= 0.6 is 0 Å². The van der Waals surface area contributed by atoms with E-state index in [9.17, 15) is 0 Å². The molecule has 0 atom stereocenters. The summed E-state index contributed by atoms with van der Waals surface area (Å²) in [5.41, 5.74) is 0.518. The van der Waals surface area contributed by atoms with Crippen molar-refractivity contribution in [1.29, 1.82) is 0 Å². The number of aliphatic hydroxyl groups excluding tert-OH is 2. The number of rotatable bonds is 4. The Morgan fingerprint density at radius 3 is 1.54 bits per heavy atom. The maximum absolute atomic E-state index is 8.71. The monoisotopic (exact) mass is 186 g/mol. The van der Waals surface area contributed by atoms with Crippen LogP contribution in [0.3, 0.4) is 0 Å². The Bertz CT molecular complexity index is 151. The molecule has 0 aromatic heterocycles. The third-order valence-corrected chi connectivity index (χ3v) is 3.07. The van der Waals surface area contributed by atoms with E-state index in [0.717, 1.165) is 39.3 Å². The Kier molecular flexibility index (Phi) is 2.55. The second-order valence-electron chi connectivity index (χ2n) is 4.37. The average molecular weight is 186 g/mol. The van der Waals surface area contributed by atoms with Crippen LogP contribution in [0.25, 0.3) is 0 Å². The molecule has 2 saturated heterocycles. The molecule has 2 N–H and O–H groups in total. The first-order valence-electron chi connectivity index (χ1n) is 4.94. The van der Waals surface area contributed by atoms with E-state index >= 15 is 0 Å². The van der Waals surface area contributed by atoms with Crippen molar-refractivity contribution >= 4 is 0 Å². The molecule has 0 aromatic carbocycles. The fraction of sp³-hybridized carbons (Fsp3) is 1.00. The van der Waals surface area contributed by atoms with Gasteiger partial charge >= 0.3 is 0 Å². The minimum atomic E-state index is 0.274. The lowest BCUT2D eigenvalue weighted by atomic mass is 9.73. The van der Waals surface area contributed by atoms with Crippen molar-refractivity contribution in [2.75, 3.05) is 52.5 Å². The zero-order chi connectivity index (χ0) is 9.31. The Labute approximate surface area is 78.8 Å². The van der Waals surface area contributed by atoms with Crippen LogP contribution in [0, 0.1) is 5.41 Å². The van der Waals surface area contributed by atoms with Gasteiger partial charge in [0.1, 0.15) is 0 Å². The van der Waals surface area contributed by atoms with Crippen molar-refractivity contribution in [2.45, 2.75) is 0 Å². The van der Waals surface area contributed by atoms with E-state index in [1.54, 1.807) is 0 Å². The average Bonchev–Trinajstić information content (AvgIpc) is 1.97. The van der Waals surface area contributed by atoms with Gasteiger partial charge in [0, 0.05) is 44.7 Å². The maximum atomic E-state index is 8.71. The molecular formula is C9H18N2O2. The molecular weight excluding hydrogens is 168 g/mol. The van der Waals surface area contributed by atoms with Gasteiger partial charge in [-0.1, -0.05) is 0 Å². The van der Waals surface area contributed by atoms with Gasteiger partial charge in [0.25, 0.3) is 0 Å². The molecule has 2 rings (SSSR count). The molecule has 76 valence electrons. The summed E-state index contributed by atoms with van der Waals surface area (Å²) < 4.78 is 0. The summed E-state index contributed by atoms with van der Waals surface area (Å²) >= 11 is 0. The van der Waals surface area contributed by atoms with E-state index in [4.69, 9.17) is 10.2 Å². The van der Waals surface area contributed by atoms with Gasteiger partial charge in [0.2, 0.25) is 0 Å². The van der Waals surface area contributed by atoms with Crippen molar-refractivity contribution in [3.63, 3.8) is 0 Å². The molecule has 0 unspecified atom stereocenters. The minimum absolute atomic E-state index is 0.274. The first-order chi connectivity index (χ1) is 6.28. The zero-order valence-electron chi connectivity index (χ0n) is 7.95. The van der Waals surface area contributed by atoms with Crippen LogP contribution in [0.15, 0.2) is 0 Å². The topological polar surface area (TPSA) is 46.9 Å². The Balaban J connectivity index is 1.64. The molecule has 4 heteroatoms. The van der Waals surface area contributed by atoms with Gasteiger partial charge in [-0.15, -0.1) is 0 Å². The van der Waals surface area contributed by atoms with Crippen LogP contribution in [0.2, 0.25) is 0 Å². The Hall–Kier alpha value is -0.160. The second kappa shape index (κ2) is 3.53.